The second-order valence-electron chi connectivity index (χ2n) is 2.16. The highest BCUT2D eigenvalue weighted by Gasteiger charge is 2.10. The Morgan fingerprint density at radius 1 is 1.77 bits per heavy atom. The van der Waals surface area contributed by atoms with Gasteiger partial charge in [-0.25, -0.2) is 0 Å². The fourth-order valence-corrected chi connectivity index (χ4v) is 1.66. The van der Waals surface area contributed by atoms with Crippen molar-refractivity contribution < 1.29 is 0 Å². The van der Waals surface area contributed by atoms with Crippen LogP contribution in [0.5, 0.6) is 0 Å². The molecule has 1 aromatic rings. The predicted octanol–water partition coefficient (Wildman–Crippen LogP) is 2.83. The first-order valence-corrected chi connectivity index (χ1v) is 4.80. The van der Waals surface area contributed by atoms with Crippen LogP contribution in [-0.4, -0.2) is 10.9 Å². The summed E-state index contributed by atoms with van der Waals surface area (Å²) in [5, 5.41) is 12.9. The summed E-state index contributed by atoms with van der Waals surface area (Å²) in [4.78, 5) is 0. The van der Waals surface area contributed by atoms with Gasteiger partial charge in [0.25, 0.3) is 0 Å². The van der Waals surface area contributed by atoms with Crippen molar-refractivity contribution in [3.63, 3.8) is 0 Å². The summed E-state index contributed by atoms with van der Waals surface area (Å²) in [5.41, 5.74) is 0.351. The molecule has 0 bridgehead atoms. The van der Waals surface area contributed by atoms with E-state index in [0.29, 0.717) is 22.1 Å². The molecular weight excluding hydrogens is 229 g/mol. The molecule has 0 saturated carbocycles. The van der Waals surface area contributed by atoms with Crippen molar-refractivity contribution in [3.05, 3.63) is 22.3 Å². The molecule has 1 aromatic heterocycles. The molecule has 68 valence electrons. The van der Waals surface area contributed by atoms with E-state index in [9.17, 15) is 0 Å². The van der Waals surface area contributed by atoms with E-state index in [0.717, 1.165) is 11.5 Å². The number of halogens is 2. The molecule has 0 aliphatic carbocycles. The molecule has 0 unspecified atom stereocenters. The van der Waals surface area contributed by atoms with Gasteiger partial charge in [0.05, 0.1) is 6.54 Å². The fourth-order valence-electron chi connectivity index (χ4n) is 0.664. The fraction of sp³-hybridized carbons (Fsp3) is 0.143. The van der Waals surface area contributed by atoms with E-state index < -0.39 is 0 Å². The van der Waals surface area contributed by atoms with Crippen LogP contribution in [0.25, 0.3) is 0 Å². The molecule has 0 aliphatic rings. The Labute approximate surface area is 89.8 Å². The minimum absolute atomic E-state index is 0.218. The van der Waals surface area contributed by atoms with Gasteiger partial charge in [0.15, 0.2) is 5.15 Å². The summed E-state index contributed by atoms with van der Waals surface area (Å²) in [5.74, 6) is 0. The molecule has 0 saturated heterocycles. The monoisotopic (exact) mass is 233 g/mol. The summed E-state index contributed by atoms with van der Waals surface area (Å²) >= 11 is 12.3. The van der Waals surface area contributed by atoms with Gasteiger partial charge in [0.1, 0.15) is 16.6 Å². The van der Waals surface area contributed by atoms with Crippen molar-refractivity contribution in [2.24, 2.45) is 0 Å². The van der Waals surface area contributed by atoms with E-state index in [1.165, 1.54) is 0 Å². The number of nitrogens with one attached hydrogen (secondary N) is 1. The van der Waals surface area contributed by atoms with Crippen LogP contribution in [0.1, 0.15) is 5.56 Å². The molecule has 0 atom stereocenters. The van der Waals surface area contributed by atoms with Crippen molar-refractivity contribution in [3.8, 4) is 6.07 Å². The maximum absolute atomic E-state index is 8.69. The molecule has 0 aromatic carbocycles. The standard InChI is InChI=1S/C7H5Cl2N3S/c1-4(8)3-11-7-5(2-10)6(9)12-13-7/h11H,1,3H2. The Hall–Kier alpha value is -0.760. The molecule has 0 radical (unpaired) electrons. The second-order valence-corrected chi connectivity index (χ2v) is 3.83. The van der Waals surface area contributed by atoms with Gasteiger partial charge >= 0.3 is 0 Å². The third kappa shape index (κ3) is 2.59. The molecule has 0 spiro atoms. The Kier molecular flexibility index (Phi) is 3.55. The first-order chi connectivity index (χ1) is 6.15. The summed E-state index contributed by atoms with van der Waals surface area (Å²) in [6.07, 6.45) is 0. The minimum atomic E-state index is 0.218. The molecule has 6 heteroatoms. The van der Waals surface area contributed by atoms with Crippen molar-refractivity contribution in [2.75, 3.05) is 11.9 Å². The second kappa shape index (κ2) is 4.47. The molecule has 1 rings (SSSR count). The lowest BCUT2D eigenvalue weighted by Crippen LogP contribution is -1.99. The van der Waals surface area contributed by atoms with Gasteiger partial charge in [-0.1, -0.05) is 29.8 Å². The quantitative estimate of drug-likeness (QED) is 0.874. The molecule has 0 fully saturated rings. The van der Waals surface area contributed by atoms with Crippen LogP contribution in [0.2, 0.25) is 5.15 Å². The van der Waals surface area contributed by atoms with Crippen LogP contribution in [-0.2, 0) is 0 Å². The molecule has 1 heterocycles. The molecule has 1 N–H and O–H groups in total. The third-order valence-electron chi connectivity index (χ3n) is 1.20. The van der Waals surface area contributed by atoms with Crippen LogP contribution < -0.4 is 5.32 Å². The zero-order valence-electron chi connectivity index (χ0n) is 6.47. The minimum Gasteiger partial charge on any atom is -0.370 e. The van der Waals surface area contributed by atoms with Crippen LogP contribution >= 0.6 is 34.7 Å². The molecule has 0 aliphatic heterocycles. The van der Waals surface area contributed by atoms with E-state index in [1.54, 1.807) is 0 Å². The first kappa shape index (κ1) is 10.3. The highest BCUT2D eigenvalue weighted by Crippen LogP contribution is 2.27. The molecule has 3 nitrogen and oxygen atoms in total. The van der Waals surface area contributed by atoms with Gasteiger partial charge in [0, 0.05) is 5.03 Å². The smallest absolute Gasteiger partial charge is 0.162 e. The predicted molar refractivity (Wildman–Crippen MR) is 55.3 cm³/mol. The summed E-state index contributed by atoms with van der Waals surface area (Å²) in [6, 6.07) is 1.95. The SMILES string of the molecule is C=C(Cl)CNc1snc(Cl)c1C#N. The highest BCUT2D eigenvalue weighted by atomic mass is 35.5. The van der Waals surface area contributed by atoms with Gasteiger partial charge in [-0.2, -0.15) is 9.64 Å². The lowest BCUT2D eigenvalue weighted by molar-refractivity contribution is 1.33. The maximum atomic E-state index is 8.69. The summed E-state index contributed by atoms with van der Waals surface area (Å²) in [6.45, 7) is 3.90. The lowest BCUT2D eigenvalue weighted by atomic mass is 10.4. The molecule has 0 amide bonds. The van der Waals surface area contributed by atoms with Gasteiger partial charge in [0.2, 0.25) is 0 Å². The highest BCUT2D eigenvalue weighted by molar-refractivity contribution is 7.10. The lowest BCUT2D eigenvalue weighted by Gasteiger charge is -1.99. The number of aromatic nitrogens is 1. The molecular formula is C7H5Cl2N3S. The Bertz CT molecular complexity index is 366. The van der Waals surface area contributed by atoms with Crippen LogP contribution in [0, 0.1) is 11.3 Å². The average Bonchev–Trinajstić information content (AvgIpc) is 2.42. The van der Waals surface area contributed by atoms with E-state index in [2.05, 4.69) is 16.3 Å². The largest absolute Gasteiger partial charge is 0.370 e. The van der Waals surface area contributed by atoms with Crippen molar-refractivity contribution in [1.82, 2.24) is 4.37 Å². The van der Waals surface area contributed by atoms with Gasteiger partial charge in [-0.05, 0) is 11.5 Å². The number of anilines is 1. The van der Waals surface area contributed by atoms with Crippen molar-refractivity contribution in [1.29, 1.82) is 5.26 Å². The summed E-state index contributed by atoms with van der Waals surface area (Å²) < 4.78 is 3.81. The average molecular weight is 234 g/mol. The van der Waals surface area contributed by atoms with Crippen molar-refractivity contribution in [2.45, 2.75) is 0 Å². The van der Waals surface area contributed by atoms with Crippen LogP contribution in [0.4, 0.5) is 5.00 Å². The zero-order chi connectivity index (χ0) is 9.84. The maximum Gasteiger partial charge on any atom is 0.162 e. The number of rotatable bonds is 3. The Balaban J connectivity index is 2.78. The number of nitrogens with zero attached hydrogens (tertiary/aromatic N) is 2. The number of nitriles is 1. The van der Waals surface area contributed by atoms with Gasteiger partial charge < -0.3 is 5.32 Å². The zero-order valence-corrected chi connectivity index (χ0v) is 8.80. The van der Waals surface area contributed by atoms with Gasteiger partial charge in [-0.3, -0.25) is 0 Å². The topological polar surface area (TPSA) is 48.7 Å². The van der Waals surface area contributed by atoms with Gasteiger partial charge in [-0.15, -0.1) is 0 Å². The Morgan fingerprint density at radius 2 is 2.46 bits per heavy atom. The van der Waals surface area contributed by atoms with Crippen LogP contribution in [0.15, 0.2) is 11.6 Å². The third-order valence-corrected chi connectivity index (χ3v) is 2.52. The number of hydrogen-bond donors (Lipinski definition) is 1. The summed E-state index contributed by atoms with van der Waals surface area (Å²) in [7, 11) is 0. The van der Waals surface area contributed by atoms with E-state index in [4.69, 9.17) is 28.5 Å². The van der Waals surface area contributed by atoms with E-state index in [-0.39, 0.29) is 5.15 Å². The number of hydrogen-bond acceptors (Lipinski definition) is 4. The molecule has 13 heavy (non-hydrogen) atoms. The first-order valence-electron chi connectivity index (χ1n) is 3.27. The van der Waals surface area contributed by atoms with E-state index in [1.807, 2.05) is 6.07 Å². The van der Waals surface area contributed by atoms with Crippen molar-refractivity contribution >= 4 is 39.7 Å². The van der Waals surface area contributed by atoms with E-state index >= 15 is 0 Å². The Morgan fingerprint density at radius 3 is 3.00 bits per heavy atom. The van der Waals surface area contributed by atoms with Crippen LogP contribution in [0.3, 0.4) is 0 Å². The normalized spacial score (nSPS) is 9.31.